The SMILES string of the molecule is CC(C)C(NC(=O)c1ccccc1Cl)C(=O)NCCCN(C)Cc1ccccc1. The van der Waals surface area contributed by atoms with Crippen molar-refractivity contribution in [2.75, 3.05) is 20.1 Å². The lowest BCUT2D eigenvalue weighted by Gasteiger charge is -2.22. The van der Waals surface area contributed by atoms with Crippen molar-refractivity contribution in [3.8, 4) is 0 Å². The van der Waals surface area contributed by atoms with Crippen LogP contribution in [0.5, 0.6) is 0 Å². The Kier molecular flexibility index (Phi) is 9.16. The minimum Gasteiger partial charge on any atom is -0.354 e. The van der Waals surface area contributed by atoms with Gasteiger partial charge in [0.15, 0.2) is 0 Å². The second-order valence-electron chi connectivity index (χ2n) is 7.54. The van der Waals surface area contributed by atoms with E-state index in [1.807, 2.05) is 32.0 Å². The van der Waals surface area contributed by atoms with Gasteiger partial charge in [-0.05, 0) is 43.6 Å². The normalized spacial score (nSPS) is 12.1. The van der Waals surface area contributed by atoms with Crippen LogP contribution in [0.1, 0.15) is 36.2 Å². The number of hydrogen-bond acceptors (Lipinski definition) is 3. The molecule has 2 rings (SSSR count). The lowest BCUT2D eigenvalue weighted by Crippen LogP contribution is -2.50. The van der Waals surface area contributed by atoms with Crippen LogP contribution in [0.25, 0.3) is 0 Å². The van der Waals surface area contributed by atoms with Gasteiger partial charge in [0.1, 0.15) is 6.04 Å². The summed E-state index contributed by atoms with van der Waals surface area (Å²) in [5, 5.41) is 6.12. The monoisotopic (exact) mass is 415 g/mol. The van der Waals surface area contributed by atoms with Crippen LogP contribution in [0.15, 0.2) is 54.6 Å². The van der Waals surface area contributed by atoms with E-state index in [9.17, 15) is 9.59 Å². The highest BCUT2D eigenvalue weighted by molar-refractivity contribution is 6.33. The second-order valence-corrected chi connectivity index (χ2v) is 7.95. The molecule has 2 aromatic rings. The van der Waals surface area contributed by atoms with E-state index in [1.165, 1.54) is 5.56 Å². The van der Waals surface area contributed by atoms with Crippen molar-refractivity contribution in [1.29, 1.82) is 0 Å². The van der Waals surface area contributed by atoms with Gasteiger partial charge in [0.05, 0.1) is 10.6 Å². The quantitative estimate of drug-likeness (QED) is 0.581. The van der Waals surface area contributed by atoms with Crippen molar-refractivity contribution < 1.29 is 9.59 Å². The topological polar surface area (TPSA) is 61.4 Å². The number of amides is 2. The van der Waals surface area contributed by atoms with Gasteiger partial charge >= 0.3 is 0 Å². The van der Waals surface area contributed by atoms with E-state index < -0.39 is 6.04 Å². The second kappa shape index (κ2) is 11.6. The summed E-state index contributed by atoms with van der Waals surface area (Å²) in [5.74, 6) is -0.555. The number of carbonyl (C=O) groups excluding carboxylic acids is 2. The smallest absolute Gasteiger partial charge is 0.253 e. The number of nitrogens with one attached hydrogen (secondary N) is 2. The van der Waals surface area contributed by atoms with Crippen LogP contribution >= 0.6 is 11.6 Å². The molecule has 156 valence electrons. The van der Waals surface area contributed by atoms with Crippen LogP contribution in [-0.4, -0.2) is 42.9 Å². The van der Waals surface area contributed by atoms with E-state index in [0.717, 1.165) is 19.5 Å². The Labute approximate surface area is 178 Å². The number of carbonyl (C=O) groups is 2. The molecule has 2 amide bonds. The average molecular weight is 416 g/mol. The summed E-state index contributed by atoms with van der Waals surface area (Å²) >= 11 is 6.09. The Bertz CT molecular complexity index is 796. The Morgan fingerprint density at radius 3 is 2.34 bits per heavy atom. The predicted octanol–water partition coefficient (Wildman–Crippen LogP) is 3.73. The summed E-state index contributed by atoms with van der Waals surface area (Å²) in [6.45, 7) is 6.11. The number of nitrogens with zero attached hydrogens (tertiary/aromatic N) is 1. The minimum absolute atomic E-state index is 0.0396. The number of rotatable bonds is 10. The maximum Gasteiger partial charge on any atom is 0.253 e. The fourth-order valence-electron chi connectivity index (χ4n) is 3.04. The van der Waals surface area contributed by atoms with Gasteiger partial charge in [-0.25, -0.2) is 0 Å². The molecule has 0 saturated heterocycles. The summed E-state index contributed by atoms with van der Waals surface area (Å²) in [4.78, 5) is 27.3. The molecule has 29 heavy (non-hydrogen) atoms. The van der Waals surface area contributed by atoms with Crippen molar-refractivity contribution in [2.24, 2.45) is 5.92 Å². The van der Waals surface area contributed by atoms with E-state index in [4.69, 9.17) is 11.6 Å². The van der Waals surface area contributed by atoms with Crippen LogP contribution in [-0.2, 0) is 11.3 Å². The molecular formula is C23H30ClN3O2. The van der Waals surface area contributed by atoms with Crippen molar-refractivity contribution in [3.63, 3.8) is 0 Å². The van der Waals surface area contributed by atoms with Gasteiger partial charge in [0, 0.05) is 13.1 Å². The summed E-state index contributed by atoms with van der Waals surface area (Å²) < 4.78 is 0. The molecule has 0 saturated carbocycles. The molecular weight excluding hydrogens is 386 g/mol. The zero-order chi connectivity index (χ0) is 21.2. The van der Waals surface area contributed by atoms with Crippen LogP contribution in [0.3, 0.4) is 0 Å². The molecule has 1 unspecified atom stereocenters. The zero-order valence-electron chi connectivity index (χ0n) is 17.3. The average Bonchev–Trinajstić information content (AvgIpc) is 2.70. The van der Waals surface area contributed by atoms with Crippen LogP contribution in [0, 0.1) is 5.92 Å². The third kappa shape index (κ3) is 7.52. The van der Waals surface area contributed by atoms with Gasteiger partial charge < -0.3 is 15.5 Å². The Balaban J connectivity index is 1.79. The third-order valence-electron chi connectivity index (χ3n) is 4.67. The molecule has 2 N–H and O–H groups in total. The van der Waals surface area contributed by atoms with E-state index in [-0.39, 0.29) is 17.7 Å². The van der Waals surface area contributed by atoms with Gasteiger partial charge in [0.2, 0.25) is 5.91 Å². The Morgan fingerprint density at radius 2 is 1.69 bits per heavy atom. The maximum absolute atomic E-state index is 12.6. The highest BCUT2D eigenvalue weighted by atomic mass is 35.5. The summed E-state index contributed by atoms with van der Waals surface area (Å²) in [7, 11) is 2.07. The Hall–Kier alpha value is -2.37. The largest absolute Gasteiger partial charge is 0.354 e. The first kappa shape index (κ1) is 22.9. The predicted molar refractivity (Wildman–Crippen MR) is 118 cm³/mol. The molecule has 0 fully saturated rings. The van der Waals surface area contributed by atoms with Crippen LogP contribution < -0.4 is 10.6 Å². The van der Waals surface area contributed by atoms with Gasteiger partial charge in [-0.1, -0.05) is 67.9 Å². The number of halogens is 1. The van der Waals surface area contributed by atoms with E-state index in [0.29, 0.717) is 17.1 Å². The molecule has 0 radical (unpaired) electrons. The van der Waals surface area contributed by atoms with Gasteiger partial charge in [0.25, 0.3) is 5.91 Å². The lowest BCUT2D eigenvalue weighted by atomic mass is 10.0. The van der Waals surface area contributed by atoms with E-state index in [2.05, 4.69) is 34.7 Å². The van der Waals surface area contributed by atoms with Crippen molar-refractivity contribution >= 4 is 23.4 Å². The van der Waals surface area contributed by atoms with Crippen LogP contribution in [0.2, 0.25) is 5.02 Å². The molecule has 6 heteroatoms. The highest BCUT2D eigenvalue weighted by Crippen LogP contribution is 2.15. The van der Waals surface area contributed by atoms with E-state index >= 15 is 0 Å². The number of benzene rings is 2. The molecule has 0 heterocycles. The first-order valence-corrected chi connectivity index (χ1v) is 10.3. The third-order valence-corrected chi connectivity index (χ3v) is 4.99. The zero-order valence-corrected chi connectivity index (χ0v) is 18.1. The summed E-state index contributed by atoms with van der Waals surface area (Å²) in [6, 6.07) is 16.5. The maximum atomic E-state index is 12.6. The van der Waals surface area contributed by atoms with Crippen molar-refractivity contribution in [3.05, 3.63) is 70.7 Å². The van der Waals surface area contributed by atoms with E-state index in [1.54, 1.807) is 24.3 Å². The fraction of sp³-hybridized carbons (Fsp3) is 0.391. The molecule has 0 aliphatic heterocycles. The molecule has 0 aliphatic carbocycles. The molecule has 5 nitrogen and oxygen atoms in total. The highest BCUT2D eigenvalue weighted by Gasteiger charge is 2.25. The van der Waals surface area contributed by atoms with Gasteiger partial charge in [-0.15, -0.1) is 0 Å². The molecule has 0 spiro atoms. The standard InChI is InChI=1S/C23H30ClN3O2/c1-17(2)21(26-22(28)19-12-7-8-13-20(19)24)23(29)25-14-9-15-27(3)16-18-10-5-4-6-11-18/h4-8,10-13,17,21H,9,14-16H2,1-3H3,(H,25,29)(H,26,28). The molecule has 0 aromatic heterocycles. The Morgan fingerprint density at radius 1 is 1.03 bits per heavy atom. The van der Waals surface area contributed by atoms with Crippen LogP contribution in [0.4, 0.5) is 0 Å². The molecule has 2 aromatic carbocycles. The molecule has 0 bridgehead atoms. The van der Waals surface area contributed by atoms with Gasteiger partial charge in [-0.2, -0.15) is 0 Å². The summed E-state index contributed by atoms with van der Waals surface area (Å²) in [6.07, 6.45) is 0.832. The van der Waals surface area contributed by atoms with Crippen molar-refractivity contribution in [1.82, 2.24) is 15.5 Å². The molecule has 0 aliphatic rings. The van der Waals surface area contributed by atoms with Crippen molar-refractivity contribution in [2.45, 2.75) is 32.9 Å². The van der Waals surface area contributed by atoms with Gasteiger partial charge in [-0.3, -0.25) is 9.59 Å². The molecule has 1 atom stereocenters. The summed E-state index contributed by atoms with van der Waals surface area (Å²) in [5.41, 5.74) is 1.64. The fourth-order valence-corrected chi connectivity index (χ4v) is 3.27. The lowest BCUT2D eigenvalue weighted by molar-refractivity contribution is -0.123. The first-order valence-electron chi connectivity index (χ1n) is 9.94. The minimum atomic E-state index is -0.610. The first-order chi connectivity index (χ1) is 13.9. The number of hydrogen-bond donors (Lipinski definition) is 2.